The van der Waals surface area contributed by atoms with Crippen molar-refractivity contribution in [1.29, 1.82) is 0 Å². The standard InChI is InChI=1S/C25H30N2O5/c1-23(2,3)32-20(28)13-25(11-12-25)22(29)27-16-9-10-19(26-14-16)31-18-8-6-7-17-21(18)24(4,5)15-30-17/h6-10,14H,11-13,15H2,1-5H3,(H,27,29). The number of benzene rings is 1. The average Bonchev–Trinajstić information content (AvgIpc) is 3.40. The Bertz CT molecular complexity index is 1030. The van der Waals surface area contributed by atoms with Crippen molar-refractivity contribution >= 4 is 17.6 Å². The Kier molecular flexibility index (Phi) is 5.39. The number of pyridine rings is 1. The van der Waals surface area contributed by atoms with Gasteiger partial charge in [-0.3, -0.25) is 9.59 Å². The Morgan fingerprint density at radius 2 is 1.91 bits per heavy atom. The molecule has 0 unspecified atom stereocenters. The third-order valence-electron chi connectivity index (χ3n) is 5.70. The van der Waals surface area contributed by atoms with Crippen LogP contribution in [0.4, 0.5) is 5.69 Å². The van der Waals surface area contributed by atoms with Gasteiger partial charge in [-0.1, -0.05) is 19.9 Å². The highest BCUT2D eigenvalue weighted by molar-refractivity contribution is 5.99. The predicted molar refractivity (Wildman–Crippen MR) is 120 cm³/mol. The molecule has 0 atom stereocenters. The number of carbonyl (C=O) groups excluding carboxylic acids is 2. The van der Waals surface area contributed by atoms with Gasteiger partial charge in [0.1, 0.15) is 17.1 Å². The number of anilines is 1. The fraction of sp³-hybridized carbons (Fsp3) is 0.480. The Morgan fingerprint density at radius 1 is 1.16 bits per heavy atom. The highest BCUT2D eigenvalue weighted by atomic mass is 16.6. The van der Waals surface area contributed by atoms with Crippen molar-refractivity contribution in [1.82, 2.24) is 4.98 Å². The summed E-state index contributed by atoms with van der Waals surface area (Å²) in [6.45, 7) is 10.3. The monoisotopic (exact) mass is 438 g/mol. The summed E-state index contributed by atoms with van der Waals surface area (Å²) in [6.07, 6.45) is 2.98. The minimum absolute atomic E-state index is 0.0850. The summed E-state index contributed by atoms with van der Waals surface area (Å²) >= 11 is 0. The zero-order valence-corrected chi connectivity index (χ0v) is 19.3. The molecule has 0 saturated heterocycles. The van der Waals surface area contributed by atoms with Crippen molar-refractivity contribution in [2.24, 2.45) is 5.41 Å². The van der Waals surface area contributed by atoms with Gasteiger partial charge in [-0.2, -0.15) is 0 Å². The van der Waals surface area contributed by atoms with Gasteiger partial charge in [-0.05, 0) is 51.8 Å². The average molecular weight is 439 g/mol. The second kappa shape index (κ2) is 7.80. The number of aromatic nitrogens is 1. The summed E-state index contributed by atoms with van der Waals surface area (Å²) in [5.74, 6) is 1.43. The van der Waals surface area contributed by atoms with E-state index in [9.17, 15) is 9.59 Å². The SMILES string of the molecule is CC(C)(C)OC(=O)CC1(C(=O)Nc2ccc(Oc3cccc4c3C(C)(C)CO4)nc2)CC1. The smallest absolute Gasteiger partial charge is 0.307 e. The first-order chi connectivity index (χ1) is 15.0. The van der Waals surface area contributed by atoms with Gasteiger partial charge in [-0.25, -0.2) is 4.98 Å². The van der Waals surface area contributed by atoms with Gasteiger partial charge in [-0.15, -0.1) is 0 Å². The van der Waals surface area contributed by atoms with E-state index >= 15 is 0 Å². The third-order valence-corrected chi connectivity index (χ3v) is 5.70. The van der Waals surface area contributed by atoms with Gasteiger partial charge in [0.05, 0.1) is 30.3 Å². The van der Waals surface area contributed by atoms with Crippen LogP contribution in [0.5, 0.6) is 17.4 Å². The number of nitrogens with zero attached hydrogens (tertiary/aromatic N) is 1. The predicted octanol–water partition coefficient (Wildman–Crippen LogP) is 4.99. The molecule has 32 heavy (non-hydrogen) atoms. The molecule has 0 radical (unpaired) electrons. The van der Waals surface area contributed by atoms with Crippen molar-refractivity contribution in [2.75, 3.05) is 11.9 Å². The van der Waals surface area contributed by atoms with Crippen LogP contribution in [0.25, 0.3) is 0 Å². The van der Waals surface area contributed by atoms with Crippen LogP contribution in [0, 0.1) is 5.41 Å². The number of fused-ring (bicyclic) bond motifs is 1. The lowest BCUT2D eigenvalue weighted by molar-refractivity contribution is -0.157. The number of ether oxygens (including phenoxy) is 3. The molecule has 7 nitrogen and oxygen atoms in total. The first-order valence-electron chi connectivity index (χ1n) is 10.9. The molecule has 0 spiro atoms. The van der Waals surface area contributed by atoms with Crippen molar-refractivity contribution in [3.63, 3.8) is 0 Å². The molecule has 1 N–H and O–H groups in total. The number of hydrogen-bond acceptors (Lipinski definition) is 6. The molecule has 1 aromatic heterocycles. The fourth-order valence-corrected chi connectivity index (χ4v) is 3.89. The van der Waals surface area contributed by atoms with Crippen LogP contribution < -0.4 is 14.8 Å². The van der Waals surface area contributed by atoms with E-state index in [1.807, 2.05) is 39.0 Å². The molecule has 4 rings (SSSR count). The molecular formula is C25H30N2O5. The first-order valence-corrected chi connectivity index (χ1v) is 10.9. The molecule has 2 aromatic rings. The van der Waals surface area contributed by atoms with Crippen LogP contribution in [0.2, 0.25) is 0 Å². The lowest BCUT2D eigenvalue weighted by Gasteiger charge is -2.21. The van der Waals surface area contributed by atoms with E-state index in [4.69, 9.17) is 14.2 Å². The van der Waals surface area contributed by atoms with E-state index in [1.54, 1.807) is 18.3 Å². The maximum Gasteiger partial charge on any atom is 0.307 e. The molecule has 1 amide bonds. The molecule has 1 fully saturated rings. The van der Waals surface area contributed by atoms with E-state index in [1.165, 1.54) is 0 Å². The first kappa shape index (κ1) is 22.1. The van der Waals surface area contributed by atoms with Gasteiger partial charge in [0.15, 0.2) is 0 Å². The van der Waals surface area contributed by atoms with Gasteiger partial charge < -0.3 is 19.5 Å². The summed E-state index contributed by atoms with van der Waals surface area (Å²) in [5.41, 5.74) is 0.181. The molecule has 2 aliphatic rings. The summed E-state index contributed by atoms with van der Waals surface area (Å²) in [7, 11) is 0. The molecule has 1 aliphatic heterocycles. The number of nitrogens with one attached hydrogen (secondary N) is 1. The van der Waals surface area contributed by atoms with E-state index in [-0.39, 0.29) is 23.7 Å². The Morgan fingerprint density at radius 3 is 2.53 bits per heavy atom. The minimum atomic E-state index is -0.687. The van der Waals surface area contributed by atoms with Crippen LogP contribution >= 0.6 is 0 Å². The van der Waals surface area contributed by atoms with Crippen molar-refractivity contribution < 1.29 is 23.8 Å². The lowest BCUT2D eigenvalue weighted by atomic mass is 9.86. The van der Waals surface area contributed by atoms with Gasteiger partial charge >= 0.3 is 5.97 Å². The van der Waals surface area contributed by atoms with E-state index in [2.05, 4.69) is 24.1 Å². The van der Waals surface area contributed by atoms with Crippen LogP contribution in [-0.4, -0.2) is 29.1 Å². The molecule has 170 valence electrons. The van der Waals surface area contributed by atoms with Crippen molar-refractivity contribution in [2.45, 2.75) is 64.9 Å². The van der Waals surface area contributed by atoms with Crippen molar-refractivity contribution in [3.8, 4) is 17.4 Å². The highest BCUT2D eigenvalue weighted by Crippen LogP contribution is 2.50. The number of carbonyl (C=O) groups is 2. The van der Waals surface area contributed by atoms with E-state index in [0.29, 0.717) is 36.8 Å². The maximum atomic E-state index is 12.8. The third kappa shape index (κ3) is 4.71. The van der Waals surface area contributed by atoms with Crippen molar-refractivity contribution in [3.05, 3.63) is 42.1 Å². The second-order valence-corrected chi connectivity index (χ2v) is 10.3. The van der Waals surface area contributed by atoms with E-state index < -0.39 is 11.0 Å². The van der Waals surface area contributed by atoms with Crippen LogP contribution in [0.15, 0.2) is 36.5 Å². The summed E-state index contributed by atoms with van der Waals surface area (Å²) in [6, 6.07) is 9.19. The quantitative estimate of drug-likeness (QED) is 0.639. The Balaban J connectivity index is 1.40. The zero-order valence-electron chi connectivity index (χ0n) is 19.3. The number of hydrogen-bond donors (Lipinski definition) is 1. The molecule has 1 saturated carbocycles. The lowest BCUT2D eigenvalue weighted by Crippen LogP contribution is -2.30. The van der Waals surface area contributed by atoms with E-state index in [0.717, 1.165) is 11.3 Å². The molecular weight excluding hydrogens is 408 g/mol. The Labute approximate surface area is 188 Å². The minimum Gasteiger partial charge on any atom is -0.492 e. The largest absolute Gasteiger partial charge is 0.492 e. The molecule has 1 aliphatic carbocycles. The van der Waals surface area contributed by atoms with Gasteiger partial charge in [0.25, 0.3) is 0 Å². The van der Waals surface area contributed by atoms with Crippen LogP contribution in [0.1, 0.15) is 59.4 Å². The normalized spacial score (nSPS) is 17.7. The zero-order chi connectivity index (χ0) is 23.1. The number of esters is 1. The maximum absolute atomic E-state index is 12.8. The fourth-order valence-electron chi connectivity index (χ4n) is 3.89. The number of rotatable bonds is 6. The Hall–Kier alpha value is -3.09. The highest BCUT2D eigenvalue weighted by Gasteiger charge is 2.52. The topological polar surface area (TPSA) is 86.8 Å². The second-order valence-electron chi connectivity index (χ2n) is 10.3. The molecule has 0 bridgehead atoms. The number of amides is 1. The summed E-state index contributed by atoms with van der Waals surface area (Å²) in [5, 5.41) is 2.87. The molecule has 2 heterocycles. The van der Waals surface area contributed by atoms with Crippen LogP contribution in [-0.2, 0) is 19.7 Å². The van der Waals surface area contributed by atoms with Gasteiger partial charge in [0, 0.05) is 17.0 Å². The molecule has 1 aromatic carbocycles. The summed E-state index contributed by atoms with van der Waals surface area (Å²) < 4.78 is 17.2. The van der Waals surface area contributed by atoms with Crippen LogP contribution in [0.3, 0.4) is 0 Å². The van der Waals surface area contributed by atoms with Gasteiger partial charge in [0.2, 0.25) is 11.8 Å². The molecule has 7 heteroatoms. The summed E-state index contributed by atoms with van der Waals surface area (Å²) in [4.78, 5) is 29.3.